The number of ether oxygens (including phenoxy) is 2. The first-order chi connectivity index (χ1) is 13.8. The molecular formula is C19H20Cl3FN2O5. The molecule has 0 bridgehead atoms. The van der Waals surface area contributed by atoms with Gasteiger partial charge in [0.15, 0.2) is 0 Å². The first-order valence-electron chi connectivity index (χ1n) is 8.87. The van der Waals surface area contributed by atoms with E-state index < -0.39 is 22.9 Å². The van der Waals surface area contributed by atoms with Crippen molar-refractivity contribution < 1.29 is 23.9 Å². The molecule has 30 heavy (non-hydrogen) atoms. The number of nitro benzene ring substituents is 1. The third kappa shape index (κ3) is 6.41. The van der Waals surface area contributed by atoms with Crippen LogP contribution in [0.3, 0.4) is 0 Å². The molecule has 1 N–H and O–H groups in total. The Labute approximate surface area is 188 Å². The molecule has 7 nitrogen and oxygen atoms in total. The number of benzene rings is 2. The molecule has 2 unspecified atom stereocenters. The highest BCUT2D eigenvalue weighted by Gasteiger charge is 2.26. The number of hydrogen-bond donors (Lipinski definition) is 1. The van der Waals surface area contributed by atoms with Gasteiger partial charge in [0.25, 0.3) is 5.69 Å². The van der Waals surface area contributed by atoms with E-state index in [1.165, 1.54) is 36.4 Å². The first-order valence-corrected chi connectivity index (χ1v) is 9.63. The van der Waals surface area contributed by atoms with Crippen LogP contribution < -0.4 is 4.74 Å². The Morgan fingerprint density at radius 3 is 2.67 bits per heavy atom. The van der Waals surface area contributed by atoms with Crippen LogP contribution >= 0.6 is 35.6 Å². The van der Waals surface area contributed by atoms with Crippen LogP contribution in [0.2, 0.25) is 10.0 Å². The van der Waals surface area contributed by atoms with E-state index in [0.29, 0.717) is 42.6 Å². The van der Waals surface area contributed by atoms with Crippen LogP contribution in [0, 0.1) is 15.9 Å². The van der Waals surface area contributed by atoms with Crippen LogP contribution in [0.15, 0.2) is 36.4 Å². The molecule has 1 heterocycles. The van der Waals surface area contributed by atoms with Crippen LogP contribution in [0.1, 0.15) is 11.7 Å². The van der Waals surface area contributed by atoms with Gasteiger partial charge in [0.2, 0.25) is 0 Å². The van der Waals surface area contributed by atoms with Gasteiger partial charge in [0.05, 0.1) is 22.7 Å². The average Bonchev–Trinajstić information content (AvgIpc) is 2.69. The van der Waals surface area contributed by atoms with Crippen molar-refractivity contribution in [2.45, 2.75) is 12.2 Å². The molecule has 0 saturated carbocycles. The molecule has 1 saturated heterocycles. The van der Waals surface area contributed by atoms with Gasteiger partial charge in [0.1, 0.15) is 24.3 Å². The van der Waals surface area contributed by atoms with E-state index >= 15 is 0 Å². The lowest BCUT2D eigenvalue weighted by Gasteiger charge is -2.34. The number of halogens is 4. The van der Waals surface area contributed by atoms with E-state index in [1.807, 2.05) is 4.90 Å². The highest BCUT2D eigenvalue weighted by molar-refractivity contribution is 6.35. The minimum atomic E-state index is -0.790. The molecule has 164 valence electrons. The SMILES string of the molecule is Cl.O=[N+]([O-])c1ccc(OCC(O)CN2CCOC(c3cc(F)c(Cl)cc3Cl)C2)cc1. The van der Waals surface area contributed by atoms with Gasteiger partial charge in [-0.05, 0) is 24.3 Å². The summed E-state index contributed by atoms with van der Waals surface area (Å²) in [5, 5.41) is 21.2. The number of aliphatic hydroxyl groups excluding tert-OH is 1. The number of nitrogens with zero attached hydrogens (tertiary/aromatic N) is 2. The Hall–Kier alpha value is -1.68. The fraction of sp³-hybridized carbons (Fsp3) is 0.368. The first kappa shape index (κ1) is 24.6. The molecule has 11 heteroatoms. The molecule has 0 amide bonds. The third-order valence-corrected chi connectivity index (χ3v) is 5.11. The molecule has 2 aromatic carbocycles. The summed E-state index contributed by atoms with van der Waals surface area (Å²) < 4.78 is 25.0. The second-order valence-corrected chi connectivity index (χ2v) is 7.44. The zero-order valence-electron chi connectivity index (χ0n) is 15.7. The summed E-state index contributed by atoms with van der Waals surface area (Å²) in [5.41, 5.74) is 0.476. The number of aliphatic hydroxyl groups is 1. The highest BCUT2D eigenvalue weighted by Crippen LogP contribution is 2.32. The molecule has 2 aromatic rings. The summed E-state index contributed by atoms with van der Waals surface area (Å²) in [6.07, 6.45) is -1.23. The van der Waals surface area contributed by atoms with Crippen LogP contribution in [0.4, 0.5) is 10.1 Å². The third-order valence-electron chi connectivity index (χ3n) is 4.50. The minimum absolute atomic E-state index is 0. The van der Waals surface area contributed by atoms with Gasteiger partial charge in [-0.25, -0.2) is 4.39 Å². The maximum atomic E-state index is 13.8. The molecule has 1 aliphatic rings. The van der Waals surface area contributed by atoms with E-state index in [4.69, 9.17) is 32.7 Å². The molecule has 0 aromatic heterocycles. The molecule has 0 aliphatic carbocycles. The van der Waals surface area contributed by atoms with Crippen molar-refractivity contribution in [3.8, 4) is 5.75 Å². The highest BCUT2D eigenvalue weighted by atomic mass is 35.5. The lowest BCUT2D eigenvalue weighted by Crippen LogP contribution is -2.43. The predicted molar refractivity (Wildman–Crippen MR) is 113 cm³/mol. The quantitative estimate of drug-likeness (QED) is 0.361. The van der Waals surface area contributed by atoms with Crippen LogP contribution in [0.25, 0.3) is 0 Å². The summed E-state index contributed by atoms with van der Waals surface area (Å²) in [7, 11) is 0. The molecule has 3 rings (SSSR count). The van der Waals surface area contributed by atoms with E-state index in [-0.39, 0.29) is 29.7 Å². The Kier molecular flexibility index (Phi) is 9.09. The van der Waals surface area contributed by atoms with E-state index in [0.717, 1.165) is 0 Å². The maximum absolute atomic E-state index is 13.8. The van der Waals surface area contributed by atoms with Crippen molar-refractivity contribution in [1.82, 2.24) is 4.90 Å². The molecule has 2 atom stereocenters. The van der Waals surface area contributed by atoms with Crippen molar-refractivity contribution in [1.29, 1.82) is 0 Å². The van der Waals surface area contributed by atoms with E-state index in [2.05, 4.69) is 0 Å². The molecule has 0 radical (unpaired) electrons. The van der Waals surface area contributed by atoms with Gasteiger partial charge < -0.3 is 14.6 Å². The van der Waals surface area contributed by atoms with Crippen LogP contribution in [-0.2, 0) is 4.74 Å². The Balaban J connectivity index is 0.00000320. The van der Waals surface area contributed by atoms with Gasteiger partial charge in [-0.15, -0.1) is 12.4 Å². The van der Waals surface area contributed by atoms with Crippen LogP contribution in [0.5, 0.6) is 5.75 Å². The van der Waals surface area contributed by atoms with Crippen molar-refractivity contribution in [2.75, 3.05) is 32.8 Å². The van der Waals surface area contributed by atoms with Gasteiger partial charge >= 0.3 is 0 Å². The number of non-ortho nitro benzene ring substituents is 1. The zero-order valence-corrected chi connectivity index (χ0v) is 18.0. The summed E-state index contributed by atoms with van der Waals surface area (Å²) in [5.74, 6) is -0.138. The van der Waals surface area contributed by atoms with Gasteiger partial charge in [0, 0.05) is 42.4 Å². The Bertz CT molecular complexity index is 872. The smallest absolute Gasteiger partial charge is 0.269 e. The van der Waals surface area contributed by atoms with Crippen LogP contribution in [-0.4, -0.2) is 53.9 Å². The molecule has 0 spiro atoms. The second kappa shape index (κ2) is 11.1. The van der Waals surface area contributed by atoms with E-state index in [1.54, 1.807) is 0 Å². The van der Waals surface area contributed by atoms with Crippen molar-refractivity contribution >= 4 is 41.3 Å². The number of hydrogen-bond acceptors (Lipinski definition) is 6. The lowest BCUT2D eigenvalue weighted by atomic mass is 10.1. The van der Waals surface area contributed by atoms with Gasteiger partial charge in [-0.1, -0.05) is 23.2 Å². The summed E-state index contributed by atoms with van der Waals surface area (Å²) in [4.78, 5) is 12.1. The number of β-amino-alcohol motifs (C(OH)–C–C–N with tert-alkyl or cyclic N) is 1. The Morgan fingerprint density at radius 2 is 2.00 bits per heavy atom. The zero-order chi connectivity index (χ0) is 21.0. The molecule has 1 fully saturated rings. The van der Waals surface area contributed by atoms with Crippen molar-refractivity contribution in [2.24, 2.45) is 0 Å². The molecular weight excluding hydrogens is 462 g/mol. The number of nitro groups is 1. The normalized spacial score (nSPS) is 17.8. The predicted octanol–water partition coefficient (Wildman–Crippen LogP) is 4.28. The Morgan fingerprint density at radius 1 is 1.30 bits per heavy atom. The summed E-state index contributed by atoms with van der Waals surface area (Å²) >= 11 is 11.9. The number of rotatable bonds is 7. The topological polar surface area (TPSA) is 85.1 Å². The monoisotopic (exact) mass is 480 g/mol. The largest absolute Gasteiger partial charge is 0.491 e. The summed E-state index contributed by atoms with van der Waals surface area (Å²) in [6, 6.07) is 8.25. The second-order valence-electron chi connectivity index (χ2n) is 6.62. The average molecular weight is 482 g/mol. The fourth-order valence-electron chi connectivity index (χ4n) is 3.05. The summed E-state index contributed by atoms with van der Waals surface area (Å²) in [6.45, 7) is 1.77. The van der Waals surface area contributed by atoms with Crippen molar-refractivity contribution in [3.63, 3.8) is 0 Å². The number of morpholine rings is 1. The van der Waals surface area contributed by atoms with Gasteiger partial charge in [-0.3, -0.25) is 15.0 Å². The minimum Gasteiger partial charge on any atom is -0.491 e. The van der Waals surface area contributed by atoms with Crippen molar-refractivity contribution in [3.05, 3.63) is 67.9 Å². The maximum Gasteiger partial charge on any atom is 0.269 e. The lowest BCUT2D eigenvalue weighted by molar-refractivity contribution is -0.384. The van der Waals surface area contributed by atoms with Gasteiger partial charge in [-0.2, -0.15) is 0 Å². The fourth-order valence-corrected chi connectivity index (χ4v) is 3.55. The standard InChI is InChI=1S/C19H19Cl2FN2O5.ClH/c20-16-8-17(21)18(22)7-15(16)19-10-23(5-6-28-19)9-13(25)11-29-14-3-1-12(2-4-14)24(26)27;/h1-4,7-8,13,19,25H,5-6,9-11H2;1H. The molecule has 1 aliphatic heterocycles. The van der Waals surface area contributed by atoms with E-state index in [9.17, 15) is 19.6 Å².